The van der Waals surface area contributed by atoms with Crippen LogP contribution < -0.4 is 5.32 Å². The van der Waals surface area contributed by atoms with Gasteiger partial charge in [0.05, 0.1) is 18.6 Å². The summed E-state index contributed by atoms with van der Waals surface area (Å²) in [6, 6.07) is 12.5. The summed E-state index contributed by atoms with van der Waals surface area (Å²) in [7, 11) is 0. The zero-order valence-electron chi connectivity index (χ0n) is 12.2. The van der Waals surface area contributed by atoms with Crippen LogP contribution in [-0.2, 0) is 4.74 Å². The summed E-state index contributed by atoms with van der Waals surface area (Å²) in [5.41, 5.74) is 2.31. The highest BCUT2D eigenvalue weighted by Crippen LogP contribution is 2.32. The van der Waals surface area contributed by atoms with Crippen molar-refractivity contribution < 1.29 is 9.15 Å². The van der Waals surface area contributed by atoms with E-state index in [1.807, 2.05) is 31.2 Å². The van der Waals surface area contributed by atoms with Gasteiger partial charge in [0.1, 0.15) is 6.10 Å². The molecule has 20 heavy (non-hydrogen) atoms. The lowest BCUT2D eigenvalue weighted by Gasteiger charge is -2.27. The van der Waals surface area contributed by atoms with Gasteiger partial charge in [-0.25, -0.2) is 0 Å². The van der Waals surface area contributed by atoms with Gasteiger partial charge in [-0.15, -0.1) is 0 Å². The summed E-state index contributed by atoms with van der Waals surface area (Å²) < 4.78 is 11.3. The van der Waals surface area contributed by atoms with Gasteiger partial charge in [-0.05, 0) is 31.5 Å². The Balaban J connectivity index is 2.26. The number of furan rings is 1. The summed E-state index contributed by atoms with van der Waals surface area (Å²) in [6.45, 7) is 5.83. The molecule has 2 atom stereocenters. The molecule has 1 heterocycles. The van der Waals surface area contributed by atoms with Crippen LogP contribution in [0.3, 0.4) is 0 Å². The van der Waals surface area contributed by atoms with Crippen molar-refractivity contribution in [1.82, 2.24) is 5.32 Å². The summed E-state index contributed by atoms with van der Waals surface area (Å²) in [6.07, 6.45) is 4.58. The summed E-state index contributed by atoms with van der Waals surface area (Å²) in [5, 5.41) is 3.57. The molecule has 0 amide bonds. The summed E-state index contributed by atoms with van der Waals surface area (Å²) >= 11 is 0. The van der Waals surface area contributed by atoms with E-state index in [2.05, 4.69) is 24.4 Å². The molecule has 3 nitrogen and oxygen atoms in total. The Morgan fingerprint density at radius 2 is 1.90 bits per heavy atom. The van der Waals surface area contributed by atoms with Crippen molar-refractivity contribution in [2.75, 3.05) is 13.2 Å². The van der Waals surface area contributed by atoms with Gasteiger partial charge in [-0.2, -0.15) is 0 Å². The number of nitrogens with one attached hydrogen (secondary N) is 1. The van der Waals surface area contributed by atoms with E-state index in [-0.39, 0.29) is 12.1 Å². The Bertz CT molecular complexity index is 467. The van der Waals surface area contributed by atoms with E-state index in [1.54, 1.807) is 12.5 Å². The molecule has 3 heteroatoms. The first-order valence-corrected chi connectivity index (χ1v) is 7.28. The molecule has 2 aromatic rings. The molecular formula is C17H23NO2. The number of ether oxygens (including phenoxy) is 1. The van der Waals surface area contributed by atoms with Gasteiger partial charge in [0.15, 0.2) is 0 Å². The molecule has 1 aromatic carbocycles. The van der Waals surface area contributed by atoms with Crippen LogP contribution in [-0.4, -0.2) is 13.2 Å². The van der Waals surface area contributed by atoms with Gasteiger partial charge < -0.3 is 14.5 Å². The molecule has 2 unspecified atom stereocenters. The standard InChI is InChI=1S/C17H23NO2/c1-3-11-18-16(15-10-12-19-13-15)17(20-4-2)14-8-6-5-7-9-14/h5-10,12-13,16-18H,3-4,11H2,1-2H3. The van der Waals surface area contributed by atoms with E-state index in [4.69, 9.17) is 9.15 Å². The molecule has 1 aromatic heterocycles. The largest absolute Gasteiger partial charge is 0.472 e. The van der Waals surface area contributed by atoms with Gasteiger partial charge in [0.25, 0.3) is 0 Å². The smallest absolute Gasteiger partial charge is 0.102 e. The fourth-order valence-corrected chi connectivity index (χ4v) is 2.36. The van der Waals surface area contributed by atoms with Gasteiger partial charge >= 0.3 is 0 Å². The molecule has 0 aliphatic heterocycles. The Hall–Kier alpha value is -1.58. The third-order valence-corrected chi connectivity index (χ3v) is 3.29. The molecule has 2 rings (SSSR count). The van der Waals surface area contributed by atoms with Crippen molar-refractivity contribution in [2.24, 2.45) is 0 Å². The Morgan fingerprint density at radius 3 is 2.50 bits per heavy atom. The fourth-order valence-electron chi connectivity index (χ4n) is 2.36. The normalized spacial score (nSPS) is 14.1. The van der Waals surface area contributed by atoms with Crippen molar-refractivity contribution in [3.05, 3.63) is 60.1 Å². The minimum Gasteiger partial charge on any atom is -0.472 e. The first kappa shape index (κ1) is 14.8. The molecule has 0 aliphatic carbocycles. The molecule has 0 radical (unpaired) electrons. The maximum absolute atomic E-state index is 6.01. The van der Waals surface area contributed by atoms with Crippen LogP contribution in [0.2, 0.25) is 0 Å². The van der Waals surface area contributed by atoms with E-state index in [0.717, 1.165) is 18.5 Å². The van der Waals surface area contributed by atoms with Crippen molar-refractivity contribution >= 4 is 0 Å². The van der Waals surface area contributed by atoms with Gasteiger partial charge in [-0.3, -0.25) is 0 Å². The molecule has 1 N–H and O–H groups in total. The third-order valence-electron chi connectivity index (χ3n) is 3.29. The maximum Gasteiger partial charge on any atom is 0.102 e. The molecule has 0 spiro atoms. The predicted octanol–water partition coefficient (Wildman–Crippen LogP) is 4.10. The Kier molecular flexibility index (Phi) is 5.84. The fraction of sp³-hybridized carbons (Fsp3) is 0.412. The Labute approximate surface area is 121 Å². The van der Waals surface area contributed by atoms with Crippen LogP contribution in [0, 0.1) is 0 Å². The molecule has 0 saturated carbocycles. The quantitative estimate of drug-likeness (QED) is 0.786. The zero-order valence-corrected chi connectivity index (χ0v) is 12.2. The molecule has 108 valence electrons. The van der Waals surface area contributed by atoms with Gasteiger partial charge in [-0.1, -0.05) is 37.3 Å². The minimum absolute atomic E-state index is 0.00894. The average molecular weight is 273 g/mol. The van der Waals surface area contributed by atoms with Crippen LogP contribution >= 0.6 is 0 Å². The SMILES string of the molecule is CCCNC(c1ccoc1)C(OCC)c1ccccc1. The van der Waals surface area contributed by atoms with Crippen LogP contribution in [0.25, 0.3) is 0 Å². The number of hydrogen-bond acceptors (Lipinski definition) is 3. The Morgan fingerprint density at radius 1 is 1.10 bits per heavy atom. The zero-order chi connectivity index (χ0) is 14.2. The minimum atomic E-state index is -0.00894. The van der Waals surface area contributed by atoms with E-state index >= 15 is 0 Å². The number of benzene rings is 1. The average Bonchev–Trinajstić information content (AvgIpc) is 3.01. The first-order chi connectivity index (χ1) is 9.86. The second-order valence-corrected chi connectivity index (χ2v) is 4.78. The van der Waals surface area contributed by atoms with Crippen LogP contribution in [0.5, 0.6) is 0 Å². The van der Waals surface area contributed by atoms with Gasteiger partial charge in [0.2, 0.25) is 0 Å². The first-order valence-electron chi connectivity index (χ1n) is 7.28. The lowest BCUT2D eigenvalue weighted by molar-refractivity contribution is 0.0325. The highest BCUT2D eigenvalue weighted by Gasteiger charge is 2.25. The van der Waals surface area contributed by atoms with E-state index < -0.39 is 0 Å². The molecule has 0 aliphatic rings. The van der Waals surface area contributed by atoms with Gasteiger partial charge in [0, 0.05) is 12.2 Å². The number of rotatable bonds is 8. The monoisotopic (exact) mass is 273 g/mol. The maximum atomic E-state index is 6.01. The highest BCUT2D eigenvalue weighted by atomic mass is 16.5. The van der Waals surface area contributed by atoms with E-state index in [9.17, 15) is 0 Å². The highest BCUT2D eigenvalue weighted by molar-refractivity contribution is 5.24. The lowest BCUT2D eigenvalue weighted by atomic mass is 9.97. The lowest BCUT2D eigenvalue weighted by Crippen LogP contribution is -2.29. The summed E-state index contributed by atoms with van der Waals surface area (Å²) in [5.74, 6) is 0. The van der Waals surface area contributed by atoms with Crippen molar-refractivity contribution in [3.63, 3.8) is 0 Å². The molecular weight excluding hydrogens is 250 g/mol. The second kappa shape index (κ2) is 7.88. The number of hydrogen-bond donors (Lipinski definition) is 1. The topological polar surface area (TPSA) is 34.4 Å². The van der Waals surface area contributed by atoms with Crippen molar-refractivity contribution in [3.8, 4) is 0 Å². The summed E-state index contributed by atoms with van der Waals surface area (Å²) in [4.78, 5) is 0. The molecule has 0 fully saturated rings. The van der Waals surface area contributed by atoms with Crippen molar-refractivity contribution in [2.45, 2.75) is 32.4 Å². The van der Waals surface area contributed by atoms with E-state index in [1.165, 1.54) is 5.56 Å². The van der Waals surface area contributed by atoms with Crippen LogP contribution in [0.15, 0.2) is 53.3 Å². The van der Waals surface area contributed by atoms with Crippen LogP contribution in [0.4, 0.5) is 0 Å². The molecule has 0 bridgehead atoms. The third kappa shape index (κ3) is 3.71. The molecule has 0 saturated heterocycles. The van der Waals surface area contributed by atoms with E-state index in [0.29, 0.717) is 6.61 Å². The van der Waals surface area contributed by atoms with Crippen LogP contribution in [0.1, 0.15) is 43.5 Å². The predicted molar refractivity (Wildman–Crippen MR) is 80.6 cm³/mol. The van der Waals surface area contributed by atoms with Crippen molar-refractivity contribution in [1.29, 1.82) is 0 Å². The second-order valence-electron chi connectivity index (χ2n) is 4.78.